The van der Waals surface area contributed by atoms with Crippen molar-refractivity contribution in [3.63, 3.8) is 0 Å². The van der Waals surface area contributed by atoms with Crippen LogP contribution in [-0.2, 0) is 20.0 Å². The van der Waals surface area contributed by atoms with Crippen LogP contribution in [0.1, 0.15) is 29.3 Å². The zero-order chi connectivity index (χ0) is 13.9. The Kier molecular flexibility index (Phi) is 3.37. The van der Waals surface area contributed by atoms with Crippen LogP contribution in [0.15, 0.2) is 30.5 Å². The normalized spacial score (nSPS) is 16.8. The van der Waals surface area contributed by atoms with E-state index in [0.717, 1.165) is 18.5 Å². The lowest BCUT2D eigenvalue weighted by atomic mass is 10.1. The molecule has 104 valence electrons. The third-order valence-electron chi connectivity index (χ3n) is 3.52. The lowest BCUT2D eigenvalue weighted by molar-refractivity contribution is 0.236. The van der Waals surface area contributed by atoms with Gasteiger partial charge in [0.05, 0.1) is 18.8 Å². The molecule has 0 saturated heterocycles. The number of nitrogens with zero attached hydrogens (tertiary/aromatic N) is 3. The van der Waals surface area contributed by atoms with Crippen molar-refractivity contribution in [2.24, 2.45) is 7.05 Å². The number of hydrogen-bond donors (Lipinski definition) is 2. The van der Waals surface area contributed by atoms with E-state index in [1.807, 2.05) is 12.1 Å². The number of amides is 2. The van der Waals surface area contributed by atoms with Gasteiger partial charge in [0.15, 0.2) is 0 Å². The maximum atomic E-state index is 11.9. The second-order valence-electron chi connectivity index (χ2n) is 4.94. The van der Waals surface area contributed by atoms with Crippen LogP contribution in [0.2, 0.25) is 0 Å². The van der Waals surface area contributed by atoms with Crippen LogP contribution in [0.25, 0.3) is 0 Å². The minimum atomic E-state index is -0.169. The van der Waals surface area contributed by atoms with Gasteiger partial charge in [-0.15, -0.1) is 0 Å². The van der Waals surface area contributed by atoms with E-state index in [0.29, 0.717) is 6.54 Å². The van der Waals surface area contributed by atoms with Crippen molar-refractivity contribution in [2.75, 3.05) is 0 Å². The lowest BCUT2D eigenvalue weighted by Gasteiger charge is -2.14. The Bertz CT molecular complexity index is 622. The monoisotopic (exact) mass is 271 g/mol. The third kappa shape index (κ3) is 2.64. The van der Waals surface area contributed by atoms with Gasteiger partial charge in [0.2, 0.25) is 0 Å². The molecule has 1 aromatic carbocycles. The Balaban J connectivity index is 1.55. The average Bonchev–Trinajstić information content (AvgIpc) is 3.04. The number of aromatic nitrogens is 3. The summed E-state index contributed by atoms with van der Waals surface area (Å²) in [4.78, 5) is 13.4. The molecular weight excluding hydrogens is 254 g/mol. The summed E-state index contributed by atoms with van der Waals surface area (Å²) in [6.45, 7) is 0.383. The first kappa shape index (κ1) is 12.7. The highest BCUT2D eigenvalue weighted by molar-refractivity contribution is 5.74. The molecule has 6 heteroatoms. The number of urea groups is 1. The Hall–Kier alpha value is -2.37. The van der Waals surface area contributed by atoms with Gasteiger partial charge >= 0.3 is 6.03 Å². The second-order valence-corrected chi connectivity index (χ2v) is 4.94. The van der Waals surface area contributed by atoms with E-state index in [4.69, 9.17) is 0 Å². The van der Waals surface area contributed by atoms with E-state index in [2.05, 4.69) is 33.0 Å². The predicted octanol–water partition coefficient (Wildman–Crippen LogP) is 1.30. The number of carbonyl (C=O) groups is 1. The Morgan fingerprint density at radius 3 is 3.10 bits per heavy atom. The van der Waals surface area contributed by atoms with Gasteiger partial charge in [0.1, 0.15) is 5.69 Å². The first-order valence-corrected chi connectivity index (χ1v) is 6.70. The van der Waals surface area contributed by atoms with Gasteiger partial charge < -0.3 is 10.6 Å². The van der Waals surface area contributed by atoms with E-state index in [1.165, 1.54) is 15.9 Å². The predicted molar refractivity (Wildman–Crippen MR) is 73.9 cm³/mol. The van der Waals surface area contributed by atoms with Gasteiger partial charge in [-0.25, -0.2) is 4.79 Å². The zero-order valence-electron chi connectivity index (χ0n) is 11.3. The Morgan fingerprint density at radius 1 is 1.45 bits per heavy atom. The van der Waals surface area contributed by atoms with Crippen molar-refractivity contribution < 1.29 is 4.79 Å². The molecule has 0 fully saturated rings. The molecule has 1 aliphatic rings. The number of aryl methyl sites for hydroxylation is 2. The Morgan fingerprint density at radius 2 is 2.30 bits per heavy atom. The number of hydrogen-bond acceptors (Lipinski definition) is 3. The lowest BCUT2D eigenvalue weighted by Crippen LogP contribution is -2.37. The number of carbonyl (C=O) groups excluding carboxylic acids is 1. The summed E-state index contributed by atoms with van der Waals surface area (Å²) in [5.41, 5.74) is 3.29. The third-order valence-corrected chi connectivity index (χ3v) is 3.52. The van der Waals surface area contributed by atoms with Crippen LogP contribution in [0.4, 0.5) is 4.79 Å². The quantitative estimate of drug-likeness (QED) is 0.884. The fourth-order valence-electron chi connectivity index (χ4n) is 2.56. The van der Waals surface area contributed by atoms with Crippen molar-refractivity contribution in [2.45, 2.75) is 25.4 Å². The van der Waals surface area contributed by atoms with E-state index in [-0.39, 0.29) is 12.1 Å². The maximum Gasteiger partial charge on any atom is 0.315 e. The van der Waals surface area contributed by atoms with E-state index < -0.39 is 0 Å². The van der Waals surface area contributed by atoms with Gasteiger partial charge in [-0.2, -0.15) is 15.0 Å². The number of benzene rings is 1. The molecule has 3 rings (SSSR count). The van der Waals surface area contributed by atoms with Gasteiger partial charge in [0.25, 0.3) is 0 Å². The average molecular weight is 271 g/mol. The molecule has 1 aromatic heterocycles. The molecule has 2 N–H and O–H groups in total. The molecule has 1 unspecified atom stereocenters. The molecule has 1 aliphatic carbocycles. The molecule has 0 spiro atoms. The minimum absolute atomic E-state index is 0.105. The largest absolute Gasteiger partial charge is 0.332 e. The summed E-state index contributed by atoms with van der Waals surface area (Å²) in [6.07, 6.45) is 3.62. The molecule has 0 saturated carbocycles. The molecule has 0 aliphatic heterocycles. The van der Waals surface area contributed by atoms with Crippen molar-refractivity contribution in [1.29, 1.82) is 0 Å². The van der Waals surface area contributed by atoms with Gasteiger partial charge in [0, 0.05) is 7.05 Å². The maximum absolute atomic E-state index is 11.9. The minimum Gasteiger partial charge on any atom is -0.332 e. The summed E-state index contributed by atoms with van der Waals surface area (Å²) < 4.78 is 0. The molecule has 2 aromatic rings. The van der Waals surface area contributed by atoms with E-state index in [1.54, 1.807) is 13.2 Å². The van der Waals surface area contributed by atoms with E-state index in [9.17, 15) is 4.79 Å². The first-order valence-electron chi connectivity index (χ1n) is 6.70. The second kappa shape index (κ2) is 5.32. The van der Waals surface area contributed by atoms with Gasteiger partial charge in [-0.1, -0.05) is 24.3 Å². The zero-order valence-corrected chi connectivity index (χ0v) is 11.3. The highest BCUT2D eigenvalue weighted by Crippen LogP contribution is 2.30. The molecular formula is C14H17N5O. The summed E-state index contributed by atoms with van der Waals surface area (Å²) in [5.74, 6) is 0. The molecule has 0 bridgehead atoms. The highest BCUT2D eigenvalue weighted by atomic mass is 16.2. The number of nitrogens with one attached hydrogen (secondary N) is 2. The molecule has 6 nitrogen and oxygen atoms in total. The van der Waals surface area contributed by atoms with Crippen molar-refractivity contribution in [1.82, 2.24) is 25.6 Å². The van der Waals surface area contributed by atoms with E-state index >= 15 is 0 Å². The molecule has 20 heavy (non-hydrogen) atoms. The summed E-state index contributed by atoms with van der Waals surface area (Å²) in [7, 11) is 1.75. The number of rotatable bonds is 3. The first-order chi connectivity index (χ1) is 9.72. The van der Waals surface area contributed by atoms with Crippen molar-refractivity contribution in [3.05, 3.63) is 47.3 Å². The molecule has 1 heterocycles. The molecule has 2 amide bonds. The fraction of sp³-hybridized carbons (Fsp3) is 0.357. The van der Waals surface area contributed by atoms with Crippen LogP contribution >= 0.6 is 0 Å². The van der Waals surface area contributed by atoms with Crippen LogP contribution in [0.5, 0.6) is 0 Å². The Labute approximate surface area is 117 Å². The smallest absolute Gasteiger partial charge is 0.315 e. The summed E-state index contributed by atoms with van der Waals surface area (Å²) in [5, 5.41) is 13.9. The highest BCUT2D eigenvalue weighted by Gasteiger charge is 2.23. The SMILES string of the molecule is Cn1ncc(CNC(=O)NC2CCc3ccccc32)n1. The van der Waals surface area contributed by atoms with Gasteiger partial charge in [-0.3, -0.25) is 0 Å². The van der Waals surface area contributed by atoms with Crippen LogP contribution in [-0.4, -0.2) is 21.0 Å². The van der Waals surface area contributed by atoms with Crippen LogP contribution in [0.3, 0.4) is 0 Å². The van der Waals surface area contributed by atoms with Crippen molar-refractivity contribution in [3.8, 4) is 0 Å². The summed E-state index contributed by atoms with van der Waals surface area (Å²) in [6, 6.07) is 8.18. The number of fused-ring (bicyclic) bond motifs is 1. The molecule has 0 radical (unpaired) electrons. The van der Waals surface area contributed by atoms with Crippen LogP contribution < -0.4 is 10.6 Å². The van der Waals surface area contributed by atoms with Gasteiger partial charge in [-0.05, 0) is 24.0 Å². The standard InChI is InChI=1S/C14H17N5O/c1-19-16-9-11(18-19)8-15-14(20)17-13-7-6-10-4-2-3-5-12(10)13/h2-5,9,13H,6-8H2,1H3,(H2,15,17,20). The fourth-order valence-corrected chi connectivity index (χ4v) is 2.56. The van der Waals surface area contributed by atoms with Crippen LogP contribution in [0, 0.1) is 0 Å². The summed E-state index contributed by atoms with van der Waals surface area (Å²) >= 11 is 0. The topological polar surface area (TPSA) is 71.8 Å². The van der Waals surface area contributed by atoms with Crippen molar-refractivity contribution >= 4 is 6.03 Å². The molecule has 1 atom stereocenters.